The predicted octanol–water partition coefficient (Wildman–Crippen LogP) is 3.87. The van der Waals surface area contributed by atoms with Crippen molar-refractivity contribution >= 4 is 28.9 Å². The lowest BCUT2D eigenvalue weighted by Gasteiger charge is -2.28. The van der Waals surface area contributed by atoms with Crippen LogP contribution in [0.15, 0.2) is 42.5 Å². The second kappa shape index (κ2) is 8.04. The molecule has 2 N–H and O–H groups in total. The lowest BCUT2D eigenvalue weighted by molar-refractivity contribution is -0.133. The Labute approximate surface area is 154 Å². The number of nitrogens with one attached hydrogen (secondary N) is 2. The van der Waals surface area contributed by atoms with Crippen molar-refractivity contribution in [1.29, 1.82) is 0 Å². The third kappa shape index (κ3) is 4.42. The van der Waals surface area contributed by atoms with E-state index in [1.165, 1.54) is 19.3 Å². The highest BCUT2D eigenvalue weighted by Crippen LogP contribution is 2.22. The Balaban J connectivity index is 1.59. The van der Waals surface area contributed by atoms with E-state index >= 15 is 0 Å². The van der Waals surface area contributed by atoms with Gasteiger partial charge in [0, 0.05) is 30.2 Å². The van der Waals surface area contributed by atoms with Crippen LogP contribution in [0.2, 0.25) is 0 Å². The molecule has 2 aromatic carbocycles. The molecule has 1 saturated heterocycles. The van der Waals surface area contributed by atoms with Gasteiger partial charge in [-0.15, -0.1) is 0 Å². The third-order valence-corrected chi connectivity index (χ3v) is 4.68. The number of carbonyl (C=O) groups is 2. The predicted molar refractivity (Wildman–Crippen MR) is 106 cm³/mol. The maximum absolute atomic E-state index is 12.1. The molecule has 0 bridgehead atoms. The van der Waals surface area contributed by atoms with Crippen molar-refractivity contribution in [1.82, 2.24) is 0 Å². The summed E-state index contributed by atoms with van der Waals surface area (Å²) in [5, 5.41) is 5.31. The van der Waals surface area contributed by atoms with Crippen LogP contribution in [0.1, 0.15) is 30.4 Å². The van der Waals surface area contributed by atoms with Gasteiger partial charge in [-0.05, 0) is 69.0 Å². The van der Waals surface area contributed by atoms with Crippen LogP contribution in [-0.2, 0) is 9.59 Å². The number of anilines is 3. The Morgan fingerprint density at radius 3 is 2.15 bits per heavy atom. The molecular formula is C21H25N3O2. The van der Waals surface area contributed by atoms with Crippen LogP contribution in [0.25, 0.3) is 0 Å². The summed E-state index contributed by atoms with van der Waals surface area (Å²) >= 11 is 0. The summed E-state index contributed by atoms with van der Waals surface area (Å²) in [5.74, 6) is -1.34. The minimum atomic E-state index is -0.671. The van der Waals surface area contributed by atoms with Crippen molar-refractivity contribution in [3.05, 3.63) is 53.6 Å². The fraction of sp³-hybridized carbons (Fsp3) is 0.333. The fourth-order valence-electron chi connectivity index (χ4n) is 3.23. The first kappa shape index (κ1) is 18.0. The lowest BCUT2D eigenvalue weighted by Crippen LogP contribution is -2.30. The zero-order chi connectivity index (χ0) is 18.5. The number of amides is 2. The molecule has 0 aliphatic carbocycles. The third-order valence-electron chi connectivity index (χ3n) is 4.68. The Morgan fingerprint density at radius 2 is 1.50 bits per heavy atom. The fourth-order valence-corrected chi connectivity index (χ4v) is 3.23. The van der Waals surface area contributed by atoms with Crippen LogP contribution in [0.3, 0.4) is 0 Å². The first-order valence-corrected chi connectivity index (χ1v) is 9.07. The molecule has 5 nitrogen and oxygen atoms in total. The number of hydrogen-bond acceptors (Lipinski definition) is 3. The van der Waals surface area contributed by atoms with E-state index in [4.69, 9.17) is 0 Å². The topological polar surface area (TPSA) is 61.4 Å². The van der Waals surface area contributed by atoms with Gasteiger partial charge in [0.15, 0.2) is 0 Å². The van der Waals surface area contributed by atoms with Crippen molar-refractivity contribution in [3.63, 3.8) is 0 Å². The molecule has 1 heterocycles. The molecule has 0 saturated carbocycles. The van der Waals surface area contributed by atoms with Crippen molar-refractivity contribution in [2.45, 2.75) is 33.1 Å². The highest BCUT2D eigenvalue weighted by Gasteiger charge is 2.16. The number of piperidine rings is 1. The van der Waals surface area contributed by atoms with Gasteiger partial charge < -0.3 is 15.5 Å². The van der Waals surface area contributed by atoms with Gasteiger partial charge in [0.25, 0.3) is 0 Å². The Hall–Kier alpha value is -2.82. The van der Waals surface area contributed by atoms with Crippen LogP contribution >= 0.6 is 0 Å². The van der Waals surface area contributed by atoms with Crippen LogP contribution in [-0.4, -0.2) is 24.9 Å². The van der Waals surface area contributed by atoms with E-state index in [1.54, 1.807) is 0 Å². The maximum Gasteiger partial charge on any atom is 0.314 e. The number of rotatable bonds is 3. The van der Waals surface area contributed by atoms with E-state index in [2.05, 4.69) is 15.5 Å². The van der Waals surface area contributed by atoms with Crippen molar-refractivity contribution in [2.24, 2.45) is 0 Å². The normalized spacial score (nSPS) is 14.0. The lowest BCUT2D eigenvalue weighted by atomic mass is 10.1. The maximum atomic E-state index is 12.1. The van der Waals surface area contributed by atoms with Crippen LogP contribution < -0.4 is 15.5 Å². The highest BCUT2D eigenvalue weighted by molar-refractivity contribution is 6.43. The first-order chi connectivity index (χ1) is 12.5. The molecule has 1 aliphatic heterocycles. The molecule has 1 fully saturated rings. The Kier molecular flexibility index (Phi) is 5.56. The summed E-state index contributed by atoms with van der Waals surface area (Å²) in [5.41, 5.74) is 4.46. The summed E-state index contributed by atoms with van der Waals surface area (Å²) in [6, 6.07) is 13.3. The highest BCUT2D eigenvalue weighted by atomic mass is 16.2. The van der Waals surface area contributed by atoms with Gasteiger partial charge in [0.05, 0.1) is 0 Å². The number of benzene rings is 2. The van der Waals surface area contributed by atoms with E-state index in [9.17, 15) is 9.59 Å². The zero-order valence-electron chi connectivity index (χ0n) is 15.3. The van der Waals surface area contributed by atoms with Crippen molar-refractivity contribution in [2.75, 3.05) is 28.6 Å². The van der Waals surface area contributed by atoms with Gasteiger partial charge in [-0.2, -0.15) is 0 Å². The second-order valence-electron chi connectivity index (χ2n) is 6.82. The molecule has 26 heavy (non-hydrogen) atoms. The van der Waals surface area contributed by atoms with E-state index in [0.29, 0.717) is 11.4 Å². The average molecular weight is 351 g/mol. The largest absolute Gasteiger partial charge is 0.372 e. The van der Waals surface area contributed by atoms with Crippen LogP contribution in [0.5, 0.6) is 0 Å². The minimum absolute atomic E-state index is 0.617. The van der Waals surface area contributed by atoms with Gasteiger partial charge in [-0.1, -0.05) is 17.7 Å². The van der Waals surface area contributed by atoms with Gasteiger partial charge >= 0.3 is 11.8 Å². The molecule has 136 valence electrons. The standard InChI is InChI=1S/C21H25N3O2/c1-15-6-11-19(16(2)14-15)23-21(26)20(25)22-17-7-9-18(10-8-17)24-12-4-3-5-13-24/h6-11,14H,3-5,12-13H2,1-2H3,(H,22,25)(H,23,26). The molecule has 3 rings (SSSR count). The molecule has 2 aromatic rings. The van der Waals surface area contributed by atoms with Gasteiger partial charge in [-0.3, -0.25) is 9.59 Å². The number of hydrogen-bond donors (Lipinski definition) is 2. The van der Waals surface area contributed by atoms with E-state index in [1.807, 2.05) is 56.3 Å². The smallest absolute Gasteiger partial charge is 0.314 e. The molecule has 5 heteroatoms. The quantitative estimate of drug-likeness (QED) is 0.825. The summed E-state index contributed by atoms with van der Waals surface area (Å²) in [7, 11) is 0. The second-order valence-corrected chi connectivity index (χ2v) is 6.82. The molecule has 0 spiro atoms. The summed E-state index contributed by atoms with van der Waals surface area (Å²) in [4.78, 5) is 26.6. The molecule has 0 aromatic heterocycles. The zero-order valence-corrected chi connectivity index (χ0v) is 15.3. The van der Waals surface area contributed by atoms with Crippen LogP contribution in [0, 0.1) is 13.8 Å². The summed E-state index contributed by atoms with van der Waals surface area (Å²) < 4.78 is 0. The van der Waals surface area contributed by atoms with E-state index in [-0.39, 0.29) is 0 Å². The van der Waals surface area contributed by atoms with Crippen molar-refractivity contribution in [3.8, 4) is 0 Å². The molecule has 0 unspecified atom stereocenters. The van der Waals surface area contributed by atoms with Gasteiger partial charge in [0.2, 0.25) is 0 Å². The Bertz CT molecular complexity index is 793. The molecule has 2 amide bonds. The number of nitrogens with zero attached hydrogens (tertiary/aromatic N) is 1. The van der Waals surface area contributed by atoms with Gasteiger partial charge in [-0.25, -0.2) is 0 Å². The summed E-state index contributed by atoms with van der Waals surface area (Å²) in [6.45, 7) is 6.03. The SMILES string of the molecule is Cc1ccc(NC(=O)C(=O)Nc2ccc(N3CCCCC3)cc2)c(C)c1. The molecular weight excluding hydrogens is 326 g/mol. The minimum Gasteiger partial charge on any atom is -0.372 e. The monoisotopic (exact) mass is 351 g/mol. The van der Waals surface area contributed by atoms with E-state index < -0.39 is 11.8 Å². The molecule has 0 atom stereocenters. The average Bonchev–Trinajstić information content (AvgIpc) is 2.65. The van der Waals surface area contributed by atoms with Crippen molar-refractivity contribution < 1.29 is 9.59 Å². The first-order valence-electron chi connectivity index (χ1n) is 9.07. The molecule has 1 aliphatic rings. The molecule has 0 radical (unpaired) electrons. The Morgan fingerprint density at radius 1 is 0.846 bits per heavy atom. The van der Waals surface area contributed by atoms with E-state index in [0.717, 1.165) is 29.9 Å². The summed E-state index contributed by atoms with van der Waals surface area (Å²) in [6.07, 6.45) is 3.73. The van der Waals surface area contributed by atoms with Crippen LogP contribution in [0.4, 0.5) is 17.1 Å². The number of carbonyl (C=O) groups excluding carboxylic acids is 2. The van der Waals surface area contributed by atoms with Gasteiger partial charge in [0.1, 0.15) is 0 Å². The number of aryl methyl sites for hydroxylation is 2.